The van der Waals surface area contributed by atoms with Crippen molar-refractivity contribution >= 4 is 11.8 Å². The molecule has 0 aromatic heterocycles. The van der Waals surface area contributed by atoms with Gasteiger partial charge in [-0.15, -0.1) is 0 Å². The Balaban J connectivity index is 1.99. The first kappa shape index (κ1) is 14.4. The normalized spacial score (nSPS) is 22.6. The molecule has 5 nitrogen and oxygen atoms in total. The Morgan fingerprint density at radius 1 is 1.05 bits per heavy atom. The molecule has 0 bridgehead atoms. The fraction of sp³-hybridized carbons (Fsp3) is 0.467. The van der Waals surface area contributed by atoms with Gasteiger partial charge in [-0.3, -0.25) is 9.59 Å². The van der Waals surface area contributed by atoms with E-state index < -0.39 is 12.1 Å². The molecule has 0 spiro atoms. The van der Waals surface area contributed by atoms with Crippen molar-refractivity contribution in [1.82, 2.24) is 10.6 Å². The van der Waals surface area contributed by atoms with E-state index in [1.165, 1.54) is 0 Å². The number of piperazine rings is 1. The number of aromatic hydroxyl groups is 1. The van der Waals surface area contributed by atoms with Gasteiger partial charge in [0.15, 0.2) is 0 Å². The lowest BCUT2D eigenvalue weighted by Crippen LogP contribution is -2.62. The van der Waals surface area contributed by atoms with Crippen molar-refractivity contribution in [2.45, 2.75) is 38.8 Å². The highest BCUT2D eigenvalue weighted by molar-refractivity contribution is 5.97. The highest BCUT2D eigenvalue weighted by Crippen LogP contribution is 2.14. The fourth-order valence-electron chi connectivity index (χ4n) is 2.32. The van der Waals surface area contributed by atoms with E-state index in [0.717, 1.165) is 5.56 Å². The van der Waals surface area contributed by atoms with Gasteiger partial charge in [-0.2, -0.15) is 0 Å². The zero-order valence-corrected chi connectivity index (χ0v) is 11.7. The minimum Gasteiger partial charge on any atom is -0.508 e. The maximum absolute atomic E-state index is 12.0. The Labute approximate surface area is 118 Å². The maximum Gasteiger partial charge on any atom is 0.243 e. The van der Waals surface area contributed by atoms with Crippen LogP contribution in [0.3, 0.4) is 0 Å². The van der Waals surface area contributed by atoms with Gasteiger partial charge in [0.25, 0.3) is 0 Å². The van der Waals surface area contributed by atoms with Gasteiger partial charge < -0.3 is 15.7 Å². The molecule has 1 aromatic carbocycles. The number of rotatable bonds is 4. The number of carbonyl (C=O) groups excluding carboxylic acids is 2. The van der Waals surface area contributed by atoms with Crippen LogP contribution in [0.15, 0.2) is 24.3 Å². The summed E-state index contributed by atoms with van der Waals surface area (Å²) in [6.45, 7) is 4.03. The lowest BCUT2D eigenvalue weighted by Gasteiger charge is -2.30. The van der Waals surface area contributed by atoms with Crippen molar-refractivity contribution < 1.29 is 14.7 Å². The van der Waals surface area contributed by atoms with Crippen LogP contribution in [0.25, 0.3) is 0 Å². The minimum atomic E-state index is -0.546. The first-order valence-electron chi connectivity index (χ1n) is 6.84. The molecule has 1 heterocycles. The minimum absolute atomic E-state index is 0.123. The maximum atomic E-state index is 12.0. The van der Waals surface area contributed by atoms with E-state index in [1.54, 1.807) is 24.3 Å². The number of phenolic OH excluding ortho intramolecular Hbond substituents is 1. The number of amides is 2. The van der Waals surface area contributed by atoms with Crippen LogP contribution in [0, 0.1) is 5.92 Å². The van der Waals surface area contributed by atoms with Crippen molar-refractivity contribution in [3.63, 3.8) is 0 Å². The van der Waals surface area contributed by atoms with E-state index in [4.69, 9.17) is 0 Å². The van der Waals surface area contributed by atoms with E-state index in [9.17, 15) is 14.7 Å². The smallest absolute Gasteiger partial charge is 0.243 e. The zero-order valence-electron chi connectivity index (χ0n) is 11.7. The van der Waals surface area contributed by atoms with Crippen LogP contribution in [-0.4, -0.2) is 29.0 Å². The molecule has 1 fully saturated rings. The molecule has 0 radical (unpaired) electrons. The number of carbonyl (C=O) groups is 2. The summed E-state index contributed by atoms with van der Waals surface area (Å²) in [7, 11) is 0. The molecule has 1 aromatic rings. The second-order valence-electron chi connectivity index (χ2n) is 5.62. The van der Waals surface area contributed by atoms with Crippen LogP contribution in [0.5, 0.6) is 5.75 Å². The molecule has 0 aliphatic carbocycles. The summed E-state index contributed by atoms with van der Waals surface area (Å²) >= 11 is 0. The lowest BCUT2D eigenvalue weighted by atomic mass is 9.97. The summed E-state index contributed by atoms with van der Waals surface area (Å²) in [4.78, 5) is 24.0. The third kappa shape index (κ3) is 3.50. The van der Waals surface area contributed by atoms with Crippen LogP contribution < -0.4 is 10.6 Å². The summed E-state index contributed by atoms with van der Waals surface area (Å²) in [6, 6.07) is 5.65. The molecular weight excluding hydrogens is 256 g/mol. The van der Waals surface area contributed by atoms with Crippen molar-refractivity contribution in [3.8, 4) is 5.75 Å². The Morgan fingerprint density at radius 2 is 1.60 bits per heavy atom. The van der Waals surface area contributed by atoms with Crippen LogP contribution in [0.1, 0.15) is 25.8 Å². The number of benzene rings is 1. The molecule has 5 heteroatoms. The summed E-state index contributed by atoms with van der Waals surface area (Å²) in [5, 5.41) is 14.8. The second-order valence-corrected chi connectivity index (χ2v) is 5.62. The van der Waals surface area contributed by atoms with Gasteiger partial charge in [-0.1, -0.05) is 26.0 Å². The van der Waals surface area contributed by atoms with E-state index >= 15 is 0 Å². The van der Waals surface area contributed by atoms with Gasteiger partial charge in [-0.25, -0.2) is 0 Å². The fourth-order valence-corrected chi connectivity index (χ4v) is 2.32. The number of hydrogen-bond donors (Lipinski definition) is 3. The molecule has 2 amide bonds. The SMILES string of the molecule is CC(C)CC1NC(=O)C(Cc2ccc(O)cc2)NC1=O. The molecule has 20 heavy (non-hydrogen) atoms. The van der Waals surface area contributed by atoms with Gasteiger partial charge in [0.1, 0.15) is 17.8 Å². The predicted molar refractivity (Wildman–Crippen MR) is 75.1 cm³/mol. The monoisotopic (exact) mass is 276 g/mol. The summed E-state index contributed by atoms with van der Waals surface area (Å²) < 4.78 is 0. The van der Waals surface area contributed by atoms with Gasteiger partial charge >= 0.3 is 0 Å². The van der Waals surface area contributed by atoms with Crippen molar-refractivity contribution in [3.05, 3.63) is 29.8 Å². The summed E-state index contributed by atoms with van der Waals surface area (Å²) in [6.07, 6.45) is 1.07. The van der Waals surface area contributed by atoms with Crippen molar-refractivity contribution in [2.75, 3.05) is 0 Å². The number of nitrogens with one attached hydrogen (secondary N) is 2. The van der Waals surface area contributed by atoms with Crippen LogP contribution in [0.2, 0.25) is 0 Å². The van der Waals surface area contributed by atoms with E-state index in [2.05, 4.69) is 10.6 Å². The molecule has 108 valence electrons. The Morgan fingerprint density at radius 3 is 2.20 bits per heavy atom. The van der Waals surface area contributed by atoms with Crippen LogP contribution in [-0.2, 0) is 16.0 Å². The van der Waals surface area contributed by atoms with Crippen molar-refractivity contribution in [1.29, 1.82) is 0 Å². The van der Waals surface area contributed by atoms with Crippen molar-refractivity contribution in [2.24, 2.45) is 5.92 Å². The first-order chi connectivity index (χ1) is 9.45. The standard InChI is InChI=1S/C15H20N2O3/c1-9(2)7-12-14(19)17-13(15(20)16-12)8-10-3-5-11(18)6-4-10/h3-6,9,12-13,18H,7-8H2,1-2H3,(H,16,20)(H,17,19). The molecule has 1 aliphatic heterocycles. The highest BCUT2D eigenvalue weighted by Gasteiger charge is 2.33. The van der Waals surface area contributed by atoms with E-state index in [1.807, 2.05) is 13.8 Å². The molecule has 1 aliphatic rings. The lowest BCUT2D eigenvalue weighted by molar-refractivity contribution is -0.137. The summed E-state index contributed by atoms with van der Waals surface area (Å²) in [5.41, 5.74) is 0.894. The Bertz CT molecular complexity index is 496. The molecule has 2 atom stereocenters. The molecular formula is C15H20N2O3. The topological polar surface area (TPSA) is 78.4 Å². The van der Waals surface area contributed by atoms with Gasteiger partial charge in [-0.05, 0) is 30.0 Å². The Hall–Kier alpha value is -2.04. The second kappa shape index (κ2) is 5.94. The molecule has 2 rings (SSSR count). The van der Waals surface area contributed by atoms with E-state index in [-0.39, 0.29) is 17.6 Å². The molecule has 0 saturated carbocycles. The zero-order chi connectivity index (χ0) is 14.7. The third-order valence-corrected chi connectivity index (χ3v) is 3.35. The highest BCUT2D eigenvalue weighted by atomic mass is 16.3. The molecule has 1 saturated heterocycles. The van der Waals surface area contributed by atoms with Gasteiger partial charge in [0.05, 0.1) is 0 Å². The first-order valence-corrected chi connectivity index (χ1v) is 6.84. The van der Waals surface area contributed by atoms with Gasteiger partial charge in [0.2, 0.25) is 11.8 Å². The van der Waals surface area contributed by atoms with Crippen LogP contribution in [0.4, 0.5) is 0 Å². The quantitative estimate of drug-likeness (QED) is 0.766. The van der Waals surface area contributed by atoms with Crippen LogP contribution >= 0.6 is 0 Å². The summed E-state index contributed by atoms with van der Waals surface area (Å²) in [5.74, 6) is 0.257. The molecule has 2 unspecified atom stereocenters. The Kier molecular flexibility index (Phi) is 4.27. The largest absolute Gasteiger partial charge is 0.508 e. The van der Waals surface area contributed by atoms with E-state index in [0.29, 0.717) is 18.8 Å². The number of hydrogen-bond acceptors (Lipinski definition) is 3. The van der Waals surface area contributed by atoms with Gasteiger partial charge in [0, 0.05) is 6.42 Å². The number of phenols is 1. The molecule has 3 N–H and O–H groups in total. The average Bonchev–Trinajstić information content (AvgIpc) is 2.37. The third-order valence-electron chi connectivity index (χ3n) is 3.35. The predicted octanol–water partition coefficient (Wildman–Crippen LogP) is 0.964. The average molecular weight is 276 g/mol.